The van der Waals surface area contributed by atoms with Crippen LogP contribution in [0.15, 0.2) is 60.8 Å². The van der Waals surface area contributed by atoms with E-state index in [0.29, 0.717) is 0 Å². The third-order valence-electron chi connectivity index (χ3n) is 2.96. The quantitative estimate of drug-likeness (QED) is 0.597. The minimum atomic E-state index is 1.04. The summed E-state index contributed by atoms with van der Waals surface area (Å²) in [5, 5.41) is 2.53. The SMILES string of the molecule is Cc1ccnc(-c2ccc3ccccc3c2)c1. The molecule has 3 rings (SSSR count). The topological polar surface area (TPSA) is 12.9 Å². The third kappa shape index (κ3) is 1.92. The van der Waals surface area contributed by atoms with Crippen LogP contribution in [0.5, 0.6) is 0 Å². The molecule has 0 bridgehead atoms. The Morgan fingerprint density at radius 3 is 2.47 bits per heavy atom. The Morgan fingerprint density at radius 2 is 1.65 bits per heavy atom. The lowest BCUT2D eigenvalue weighted by Gasteiger charge is -2.04. The number of hydrogen-bond acceptors (Lipinski definition) is 1. The molecule has 82 valence electrons. The summed E-state index contributed by atoms with van der Waals surface area (Å²) in [6.07, 6.45) is 1.86. The molecule has 0 amide bonds. The normalized spacial score (nSPS) is 10.6. The fraction of sp³-hybridized carbons (Fsp3) is 0.0625. The second-order valence-corrected chi connectivity index (χ2v) is 4.28. The summed E-state index contributed by atoms with van der Waals surface area (Å²) in [6.45, 7) is 2.09. The average molecular weight is 219 g/mol. The summed E-state index contributed by atoms with van der Waals surface area (Å²) >= 11 is 0. The number of benzene rings is 2. The number of fused-ring (bicyclic) bond motifs is 1. The predicted octanol–water partition coefficient (Wildman–Crippen LogP) is 4.21. The van der Waals surface area contributed by atoms with Crippen LogP contribution in [-0.2, 0) is 0 Å². The monoisotopic (exact) mass is 219 g/mol. The number of pyridine rings is 1. The first-order valence-electron chi connectivity index (χ1n) is 5.75. The van der Waals surface area contributed by atoms with Gasteiger partial charge in [-0.25, -0.2) is 0 Å². The highest BCUT2D eigenvalue weighted by Gasteiger charge is 2.00. The molecule has 0 N–H and O–H groups in total. The lowest BCUT2D eigenvalue weighted by atomic mass is 10.0. The van der Waals surface area contributed by atoms with E-state index < -0.39 is 0 Å². The predicted molar refractivity (Wildman–Crippen MR) is 71.9 cm³/mol. The molecule has 0 saturated heterocycles. The van der Waals surface area contributed by atoms with Gasteiger partial charge >= 0.3 is 0 Å². The fourth-order valence-electron chi connectivity index (χ4n) is 2.04. The number of aromatic nitrogens is 1. The van der Waals surface area contributed by atoms with Gasteiger partial charge in [-0.15, -0.1) is 0 Å². The summed E-state index contributed by atoms with van der Waals surface area (Å²) in [6, 6.07) is 19.0. The van der Waals surface area contributed by atoms with Crippen LogP contribution in [0.4, 0.5) is 0 Å². The van der Waals surface area contributed by atoms with Crippen LogP contribution in [0, 0.1) is 6.92 Å². The molecule has 0 saturated carbocycles. The minimum Gasteiger partial charge on any atom is -0.256 e. The van der Waals surface area contributed by atoms with Gasteiger partial charge in [0.05, 0.1) is 5.69 Å². The second kappa shape index (κ2) is 4.02. The van der Waals surface area contributed by atoms with Gasteiger partial charge in [0, 0.05) is 11.8 Å². The molecule has 1 aromatic heterocycles. The van der Waals surface area contributed by atoms with Gasteiger partial charge in [-0.1, -0.05) is 36.4 Å². The van der Waals surface area contributed by atoms with Crippen molar-refractivity contribution in [3.63, 3.8) is 0 Å². The standard InChI is InChI=1S/C16H13N/c1-12-8-9-17-16(10-12)15-7-6-13-4-2-3-5-14(13)11-15/h2-11H,1H3. The summed E-state index contributed by atoms with van der Waals surface area (Å²) in [7, 11) is 0. The zero-order valence-electron chi connectivity index (χ0n) is 9.72. The third-order valence-corrected chi connectivity index (χ3v) is 2.96. The van der Waals surface area contributed by atoms with Crippen LogP contribution in [0.25, 0.3) is 22.0 Å². The molecule has 1 heterocycles. The number of nitrogens with zero attached hydrogens (tertiary/aromatic N) is 1. The zero-order valence-corrected chi connectivity index (χ0v) is 9.72. The van der Waals surface area contributed by atoms with E-state index in [2.05, 4.69) is 60.4 Å². The Balaban J connectivity index is 2.18. The van der Waals surface area contributed by atoms with E-state index in [-0.39, 0.29) is 0 Å². The molecule has 1 heteroatoms. The number of hydrogen-bond donors (Lipinski definition) is 0. The molecule has 2 aromatic carbocycles. The highest BCUT2D eigenvalue weighted by Crippen LogP contribution is 2.23. The van der Waals surface area contributed by atoms with Gasteiger partial charge in [0.25, 0.3) is 0 Å². The van der Waals surface area contributed by atoms with Crippen LogP contribution >= 0.6 is 0 Å². The molecular formula is C16H13N. The number of rotatable bonds is 1. The van der Waals surface area contributed by atoms with E-state index in [1.54, 1.807) is 0 Å². The highest BCUT2D eigenvalue weighted by atomic mass is 14.7. The van der Waals surface area contributed by atoms with Gasteiger partial charge in [0.15, 0.2) is 0 Å². The first kappa shape index (κ1) is 10.0. The van der Waals surface area contributed by atoms with Crippen molar-refractivity contribution in [2.24, 2.45) is 0 Å². The van der Waals surface area contributed by atoms with E-state index in [0.717, 1.165) is 5.69 Å². The van der Waals surface area contributed by atoms with Gasteiger partial charge in [-0.05, 0) is 41.5 Å². The molecule has 1 nitrogen and oxygen atoms in total. The van der Waals surface area contributed by atoms with Crippen molar-refractivity contribution >= 4 is 10.8 Å². The van der Waals surface area contributed by atoms with E-state index in [1.807, 2.05) is 12.3 Å². The largest absolute Gasteiger partial charge is 0.256 e. The molecule has 0 atom stereocenters. The molecule has 3 aromatic rings. The van der Waals surface area contributed by atoms with Crippen LogP contribution in [0.3, 0.4) is 0 Å². The molecule has 0 fully saturated rings. The maximum Gasteiger partial charge on any atom is 0.0704 e. The maximum atomic E-state index is 4.42. The lowest BCUT2D eigenvalue weighted by molar-refractivity contribution is 1.29. The molecule has 0 spiro atoms. The smallest absolute Gasteiger partial charge is 0.0704 e. The summed E-state index contributed by atoms with van der Waals surface area (Å²) < 4.78 is 0. The van der Waals surface area contributed by atoms with Crippen molar-refractivity contribution in [2.75, 3.05) is 0 Å². The molecule has 0 aliphatic rings. The Morgan fingerprint density at radius 1 is 0.824 bits per heavy atom. The maximum absolute atomic E-state index is 4.42. The first-order chi connectivity index (χ1) is 8.33. The van der Waals surface area contributed by atoms with Crippen LogP contribution < -0.4 is 0 Å². The average Bonchev–Trinajstić information content (AvgIpc) is 2.38. The van der Waals surface area contributed by atoms with Gasteiger partial charge in [0.1, 0.15) is 0 Å². The van der Waals surface area contributed by atoms with Crippen molar-refractivity contribution in [3.05, 3.63) is 66.4 Å². The van der Waals surface area contributed by atoms with Gasteiger partial charge in [0.2, 0.25) is 0 Å². The number of aryl methyl sites for hydroxylation is 1. The molecule has 17 heavy (non-hydrogen) atoms. The Hall–Kier alpha value is -2.15. The lowest BCUT2D eigenvalue weighted by Crippen LogP contribution is -1.84. The van der Waals surface area contributed by atoms with E-state index in [9.17, 15) is 0 Å². The Kier molecular flexibility index (Phi) is 2.37. The van der Waals surface area contributed by atoms with E-state index in [1.165, 1.54) is 21.9 Å². The van der Waals surface area contributed by atoms with Gasteiger partial charge in [-0.3, -0.25) is 4.98 Å². The first-order valence-corrected chi connectivity index (χ1v) is 5.75. The van der Waals surface area contributed by atoms with Crippen molar-refractivity contribution in [3.8, 4) is 11.3 Å². The van der Waals surface area contributed by atoms with Crippen LogP contribution in [-0.4, -0.2) is 4.98 Å². The van der Waals surface area contributed by atoms with Crippen molar-refractivity contribution in [1.82, 2.24) is 4.98 Å². The van der Waals surface area contributed by atoms with Crippen LogP contribution in [0.2, 0.25) is 0 Å². The van der Waals surface area contributed by atoms with Crippen molar-refractivity contribution in [1.29, 1.82) is 0 Å². The molecule has 0 radical (unpaired) electrons. The molecule has 0 aliphatic carbocycles. The second-order valence-electron chi connectivity index (χ2n) is 4.28. The highest BCUT2D eigenvalue weighted by molar-refractivity contribution is 5.86. The molecular weight excluding hydrogens is 206 g/mol. The Labute approximate surface area is 101 Å². The minimum absolute atomic E-state index is 1.04. The molecule has 0 aliphatic heterocycles. The summed E-state index contributed by atoms with van der Waals surface area (Å²) in [5.41, 5.74) is 3.45. The van der Waals surface area contributed by atoms with E-state index in [4.69, 9.17) is 0 Å². The Bertz CT molecular complexity index is 671. The van der Waals surface area contributed by atoms with Crippen molar-refractivity contribution in [2.45, 2.75) is 6.92 Å². The van der Waals surface area contributed by atoms with Crippen molar-refractivity contribution < 1.29 is 0 Å². The van der Waals surface area contributed by atoms with Gasteiger partial charge < -0.3 is 0 Å². The fourth-order valence-corrected chi connectivity index (χ4v) is 2.04. The summed E-state index contributed by atoms with van der Waals surface area (Å²) in [5.74, 6) is 0. The zero-order chi connectivity index (χ0) is 11.7. The summed E-state index contributed by atoms with van der Waals surface area (Å²) in [4.78, 5) is 4.42. The molecule has 0 unspecified atom stereocenters. The van der Waals surface area contributed by atoms with Crippen LogP contribution in [0.1, 0.15) is 5.56 Å². The van der Waals surface area contributed by atoms with Gasteiger partial charge in [-0.2, -0.15) is 0 Å². The van der Waals surface area contributed by atoms with E-state index >= 15 is 0 Å².